The summed E-state index contributed by atoms with van der Waals surface area (Å²) in [5.41, 5.74) is 1.21. The number of thiophene rings is 1. The highest BCUT2D eigenvalue weighted by atomic mass is 32.1. The van der Waals surface area contributed by atoms with Crippen molar-refractivity contribution in [2.45, 2.75) is 37.6 Å². The van der Waals surface area contributed by atoms with E-state index in [0.717, 1.165) is 45.6 Å². The molecule has 2 atom stereocenters. The lowest BCUT2D eigenvalue weighted by molar-refractivity contribution is -0.0905. The van der Waals surface area contributed by atoms with Gasteiger partial charge in [-0.2, -0.15) is 16.4 Å². The van der Waals surface area contributed by atoms with Gasteiger partial charge in [0.1, 0.15) is 18.3 Å². The van der Waals surface area contributed by atoms with Gasteiger partial charge in [-0.1, -0.05) is 0 Å². The standard InChI is InChI=1S/C16H22N4O2S/c1-3-16(22-15(1)8-20-13-17-12-18-20)10-19(4-5-21-11-16)7-14-2-6-23-9-14/h2,6,9,12-13,15H,1,3-5,7-8,10-11H2. The Morgan fingerprint density at radius 3 is 3.26 bits per heavy atom. The van der Waals surface area contributed by atoms with E-state index in [4.69, 9.17) is 9.47 Å². The van der Waals surface area contributed by atoms with E-state index in [-0.39, 0.29) is 11.7 Å². The Bertz CT molecular complexity index is 604. The van der Waals surface area contributed by atoms with Gasteiger partial charge in [0.2, 0.25) is 0 Å². The molecule has 0 aromatic carbocycles. The van der Waals surface area contributed by atoms with Crippen molar-refractivity contribution in [3.63, 3.8) is 0 Å². The van der Waals surface area contributed by atoms with E-state index in [2.05, 4.69) is 31.8 Å². The number of hydrogen-bond acceptors (Lipinski definition) is 6. The molecule has 0 radical (unpaired) electrons. The highest BCUT2D eigenvalue weighted by molar-refractivity contribution is 7.07. The first-order chi connectivity index (χ1) is 11.3. The number of nitrogens with zero attached hydrogens (tertiary/aromatic N) is 4. The lowest BCUT2D eigenvalue weighted by Gasteiger charge is -2.31. The molecule has 6 nitrogen and oxygen atoms in total. The molecular formula is C16H22N4O2S. The molecular weight excluding hydrogens is 312 g/mol. The summed E-state index contributed by atoms with van der Waals surface area (Å²) in [5.74, 6) is 0. The summed E-state index contributed by atoms with van der Waals surface area (Å²) in [4.78, 5) is 6.47. The first-order valence-corrected chi connectivity index (χ1v) is 9.07. The third kappa shape index (κ3) is 3.63. The maximum atomic E-state index is 6.44. The van der Waals surface area contributed by atoms with E-state index in [1.807, 2.05) is 4.68 Å². The van der Waals surface area contributed by atoms with Crippen molar-refractivity contribution in [2.24, 2.45) is 0 Å². The van der Waals surface area contributed by atoms with Gasteiger partial charge in [0.05, 0.1) is 25.9 Å². The second kappa shape index (κ2) is 6.68. The second-order valence-electron chi connectivity index (χ2n) is 6.47. The molecule has 2 fully saturated rings. The third-order valence-electron chi connectivity index (χ3n) is 4.61. The molecule has 0 saturated carbocycles. The lowest BCUT2D eigenvalue weighted by atomic mass is 10.00. The topological polar surface area (TPSA) is 52.4 Å². The summed E-state index contributed by atoms with van der Waals surface area (Å²) < 4.78 is 14.2. The monoisotopic (exact) mass is 334 g/mol. The average molecular weight is 334 g/mol. The van der Waals surface area contributed by atoms with Gasteiger partial charge in [-0.25, -0.2) is 4.98 Å². The fourth-order valence-corrected chi connectivity index (χ4v) is 4.20. The molecule has 2 aromatic rings. The van der Waals surface area contributed by atoms with Crippen LogP contribution in [-0.4, -0.2) is 57.7 Å². The molecule has 0 amide bonds. The highest BCUT2D eigenvalue weighted by Crippen LogP contribution is 2.34. The Kier molecular flexibility index (Phi) is 4.43. The van der Waals surface area contributed by atoms with Crippen molar-refractivity contribution < 1.29 is 9.47 Å². The minimum Gasteiger partial charge on any atom is -0.377 e. The van der Waals surface area contributed by atoms with Gasteiger partial charge in [-0.05, 0) is 35.2 Å². The van der Waals surface area contributed by atoms with Crippen LogP contribution < -0.4 is 0 Å². The first kappa shape index (κ1) is 15.3. The normalized spacial score (nSPS) is 29.1. The van der Waals surface area contributed by atoms with Crippen LogP contribution in [0.4, 0.5) is 0 Å². The molecule has 2 aromatic heterocycles. The van der Waals surface area contributed by atoms with Crippen LogP contribution in [0.5, 0.6) is 0 Å². The number of ether oxygens (including phenoxy) is 2. The fourth-order valence-electron chi connectivity index (χ4n) is 3.54. The average Bonchev–Trinajstić information content (AvgIpc) is 3.25. The third-order valence-corrected chi connectivity index (χ3v) is 5.34. The summed E-state index contributed by atoms with van der Waals surface area (Å²) in [6.07, 6.45) is 5.62. The van der Waals surface area contributed by atoms with E-state index < -0.39 is 0 Å². The zero-order valence-corrected chi connectivity index (χ0v) is 14.0. The number of hydrogen-bond donors (Lipinski definition) is 0. The van der Waals surface area contributed by atoms with Crippen LogP contribution in [0.15, 0.2) is 29.5 Å². The summed E-state index contributed by atoms with van der Waals surface area (Å²) in [6.45, 7) is 5.13. The summed E-state index contributed by atoms with van der Waals surface area (Å²) in [6, 6.07) is 2.20. The van der Waals surface area contributed by atoms with Crippen molar-refractivity contribution in [3.05, 3.63) is 35.0 Å². The second-order valence-corrected chi connectivity index (χ2v) is 7.25. The van der Waals surface area contributed by atoms with Gasteiger partial charge in [-0.3, -0.25) is 9.58 Å². The molecule has 0 N–H and O–H groups in total. The minimum atomic E-state index is -0.169. The Morgan fingerprint density at radius 1 is 1.43 bits per heavy atom. The van der Waals surface area contributed by atoms with Gasteiger partial charge < -0.3 is 9.47 Å². The molecule has 1 spiro atoms. The molecule has 0 bridgehead atoms. The smallest absolute Gasteiger partial charge is 0.137 e. The van der Waals surface area contributed by atoms with Crippen molar-refractivity contribution in [3.8, 4) is 0 Å². The van der Waals surface area contributed by atoms with Crippen LogP contribution in [0.1, 0.15) is 18.4 Å². The summed E-state index contributed by atoms with van der Waals surface area (Å²) in [5, 5.41) is 8.54. The molecule has 4 heterocycles. The van der Waals surface area contributed by atoms with Gasteiger partial charge in [0.25, 0.3) is 0 Å². The minimum absolute atomic E-state index is 0.169. The molecule has 0 aliphatic carbocycles. The van der Waals surface area contributed by atoms with Crippen LogP contribution in [0.25, 0.3) is 0 Å². The van der Waals surface area contributed by atoms with Crippen LogP contribution in [0.3, 0.4) is 0 Å². The molecule has 7 heteroatoms. The quantitative estimate of drug-likeness (QED) is 0.853. The van der Waals surface area contributed by atoms with Crippen molar-refractivity contribution in [1.82, 2.24) is 19.7 Å². The van der Waals surface area contributed by atoms with Gasteiger partial charge in [0.15, 0.2) is 0 Å². The Hall–Kier alpha value is -1.28. The Balaban J connectivity index is 1.40. The van der Waals surface area contributed by atoms with Gasteiger partial charge >= 0.3 is 0 Å². The van der Waals surface area contributed by atoms with E-state index in [1.54, 1.807) is 24.0 Å². The van der Waals surface area contributed by atoms with Gasteiger partial charge in [0, 0.05) is 19.6 Å². The maximum absolute atomic E-state index is 6.44. The van der Waals surface area contributed by atoms with E-state index in [0.29, 0.717) is 6.61 Å². The summed E-state index contributed by atoms with van der Waals surface area (Å²) in [7, 11) is 0. The number of aromatic nitrogens is 3. The van der Waals surface area contributed by atoms with E-state index in [9.17, 15) is 0 Å². The molecule has 124 valence electrons. The van der Waals surface area contributed by atoms with Crippen LogP contribution in [-0.2, 0) is 22.6 Å². The Morgan fingerprint density at radius 2 is 2.43 bits per heavy atom. The summed E-state index contributed by atoms with van der Waals surface area (Å²) >= 11 is 1.75. The highest BCUT2D eigenvalue weighted by Gasteiger charge is 2.43. The van der Waals surface area contributed by atoms with Crippen LogP contribution in [0.2, 0.25) is 0 Å². The van der Waals surface area contributed by atoms with E-state index in [1.165, 1.54) is 5.56 Å². The fraction of sp³-hybridized carbons (Fsp3) is 0.625. The van der Waals surface area contributed by atoms with Crippen LogP contribution >= 0.6 is 11.3 Å². The molecule has 2 unspecified atom stereocenters. The molecule has 4 rings (SSSR count). The first-order valence-electron chi connectivity index (χ1n) is 8.13. The number of rotatable bonds is 4. The molecule has 23 heavy (non-hydrogen) atoms. The zero-order valence-electron chi connectivity index (χ0n) is 13.1. The van der Waals surface area contributed by atoms with Gasteiger partial charge in [-0.15, -0.1) is 0 Å². The Labute approximate surface area is 140 Å². The SMILES string of the molecule is c1ncn(CC2CCC3(COCCN(Cc4ccsc4)C3)O2)n1. The molecule has 2 saturated heterocycles. The predicted octanol–water partition coefficient (Wildman–Crippen LogP) is 1.79. The van der Waals surface area contributed by atoms with E-state index >= 15 is 0 Å². The van der Waals surface area contributed by atoms with Crippen molar-refractivity contribution in [2.75, 3.05) is 26.3 Å². The molecule has 2 aliphatic heterocycles. The predicted molar refractivity (Wildman–Crippen MR) is 87.3 cm³/mol. The largest absolute Gasteiger partial charge is 0.377 e. The zero-order chi connectivity index (χ0) is 15.5. The molecule has 2 aliphatic rings. The van der Waals surface area contributed by atoms with Crippen LogP contribution in [0, 0.1) is 0 Å². The lowest BCUT2D eigenvalue weighted by Crippen LogP contribution is -2.44. The van der Waals surface area contributed by atoms with Crippen molar-refractivity contribution in [1.29, 1.82) is 0 Å². The van der Waals surface area contributed by atoms with Crippen molar-refractivity contribution >= 4 is 11.3 Å². The maximum Gasteiger partial charge on any atom is 0.137 e.